The summed E-state index contributed by atoms with van der Waals surface area (Å²) in [6, 6.07) is 6.40. The van der Waals surface area contributed by atoms with Crippen LogP contribution in [0.25, 0.3) is 0 Å². The first-order chi connectivity index (χ1) is 7.91. The summed E-state index contributed by atoms with van der Waals surface area (Å²) >= 11 is 9.57. The summed E-state index contributed by atoms with van der Waals surface area (Å²) in [5.74, 6) is 0. The molecule has 0 heterocycles. The number of nitrogens with zero attached hydrogens (tertiary/aromatic N) is 1. The first-order valence-electron chi connectivity index (χ1n) is 5.82. The molecule has 2 N–H and O–H groups in total. The molecule has 0 radical (unpaired) electrons. The summed E-state index contributed by atoms with van der Waals surface area (Å²) in [6.45, 7) is 5.33. The van der Waals surface area contributed by atoms with Crippen molar-refractivity contribution in [3.05, 3.63) is 33.3 Å². The van der Waals surface area contributed by atoms with Crippen LogP contribution in [0, 0.1) is 0 Å². The Morgan fingerprint density at radius 1 is 1.41 bits per heavy atom. The van der Waals surface area contributed by atoms with Crippen LogP contribution in [-0.2, 0) is 0 Å². The lowest BCUT2D eigenvalue weighted by Gasteiger charge is -2.23. The van der Waals surface area contributed by atoms with Crippen LogP contribution in [0.15, 0.2) is 22.7 Å². The van der Waals surface area contributed by atoms with Gasteiger partial charge in [-0.1, -0.05) is 33.6 Å². The second kappa shape index (κ2) is 6.74. The highest BCUT2D eigenvalue weighted by Gasteiger charge is 2.12. The van der Waals surface area contributed by atoms with Crippen molar-refractivity contribution in [2.75, 3.05) is 13.6 Å². The summed E-state index contributed by atoms with van der Waals surface area (Å²) < 4.78 is 0.984. The molecule has 1 unspecified atom stereocenters. The second-order valence-corrected chi connectivity index (χ2v) is 5.96. The summed E-state index contributed by atoms with van der Waals surface area (Å²) in [5.41, 5.74) is 7.19. The van der Waals surface area contributed by atoms with E-state index in [0.29, 0.717) is 6.04 Å². The lowest BCUT2D eigenvalue weighted by molar-refractivity contribution is 0.263. The highest BCUT2D eigenvalue weighted by molar-refractivity contribution is 9.10. The van der Waals surface area contributed by atoms with Gasteiger partial charge in [0, 0.05) is 21.6 Å². The van der Waals surface area contributed by atoms with E-state index in [9.17, 15) is 0 Å². The monoisotopic (exact) mass is 318 g/mol. The van der Waals surface area contributed by atoms with Crippen molar-refractivity contribution >= 4 is 27.5 Å². The fraction of sp³-hybridized carbons (Fsp3) is 0.538. The van der Waals surface area contributed by atoms with Crippen LogP contribution >= 0.6 is 27.5 Å². The van der Waals surface area contributed by atoms with Crippen LogP contribution in [0.1, 0.15) is 31.9 Å². The maximum absolute atomic E-state index is 6.18. The van der Waals surface area contributed by atoms with Gasteiger partial charge in [-0.15, -0.1) is 0 Å². The molecule has 1 aromatic rings. The van der Waals surface area contributed by atoms with Crippen LogP contribution in [0.3, 0.4) is 0 Å². The van der Waals surface area contributed by atoms with E-state index in [2.05, 4.69) is 41.7 Å². The number of hydrogen-bond acceptors (Lipinski definition) is 2. The Labute approximate surface area is 117 Å². The Hall–Kier alpha value is -0.0900. The molecule has 0 fully saturated rings. The molecule has 1 aromatic carbocycles. The van der Waals surface area contributed by atoms with Gasteiger partial charge in [-0.25, -0.2) is 0 Å². The second-order valence-electron chi connectivity index (χ2n) is 4.64. The molecule has 0 aliphatic rings. The Kier molecular flexibility index (Phi) is 5.93. The topological polar surface area (TPSA) is 29.3 Å². The Morgan fingerprint density at radius 2 is 2.06 bits per heavy atom. The molecule has 0 aliphatic carbocycles. The van der Waals surface area contributed by atoms with Gasteiger partial charge in [0.25, 0.3) is 0 Å². The molecule has 17 heavy (non-hydrogen) atoms. The van der Waals surface area contributed by atoms with E-state index in [1.54, 1.807) is 0 Å². The molecule has 0 amide bonds. The highest BCUT2D eigenvalue weighted by atomic mass is 79.9. The summed E-state index contributed by atoms with van der Waals surface area (Å²) in [7, 11) is 2.11. The lowest BCUT2D eigenvalue weighted by atomic mass is 10.0. The van der Waals surface area contributed by atoms with Gasteiger partial charge in [-0.2, -0.15) is 0 Å². The highest BCUT2D eigenvalue weighted by Crippen LogP contribution is 2.27. The first-order valence-corrected chi connectivity index (χ1v) is 6.99. The number of benzene rings is 1. The van der Waals surface area contributed by atoms with Crippen molar-refractivity contribution in [1.82, 2.24) is 4.90 Å². The van der Waals surface area contributed by atoms with Crippen molar-refractivity contribution in [2.24, 2.45) is 5.73 Å². The first kappa shape index (κ1) is 15.0. The summed E-state index contributed by atoms with van der Waals surface area (Å²) in [4.78, 5) is 2.28. The van der Waals surface area contributed by atoms with Crippen LogP contribution in [0.4, 0.5) is 0 Å². The standard InChI is InChI=1S/C13H20BrClN2/c1-9(2)17(3)7-6-13(16)11-5-4-10(14)8-12(11)15/h4-5,8-9,13H,6-7,16H2,1-3H3. The number of rotatable bonds is 5. The minimum atomic E-state index is -0.00296. The fourth-order valence-electron chi connectivity index (χ4n) is 1.56. The van der Waals surface area contributed by atoms with Crippen LogP contribution < -0.4 is 5.73 Å². The smallest absolute Gasteiger partial charge is 0.0464 e. The molecule has 0 saturated heterocycles. The molecule has 0 aliphatic heterocycles. The molecule has 96 valence electrons. The molecule has 0 spiro atoms. The van der Waals surface area contributed by atoms with E-state index in [1.165, 1.54) is 0 Å². The van der Waals surface area contributed by atoms with Crippen molar-refractivity contribution in [1.29, 1.82) is 0 Å². The largest absolute Gasteiger partial charge is 0.324 e. The van der Waals surface area contributed by atoms with Gasteiger partial charge >= 0.3 is 0 Å². The molecule has 4 heteroatoms. The zero-order valence-electron chi connectivity index (χ0n) is 10.6. The Bertz CT molecular complexity index is 368. The predicted molar refractivity (Wildman–Crippen MR) is 78.5 cm³/mol. The Balaban J connectivity index is 2.61. The van der Waals surface area contributed by atoms with Crippen LogP contribution in [0.2, 0.25) is 5.02 Å². The molecule has 0 saturated carbocycles. The third kappa shape index (κ3) is 4.59. The quantitative estimate of drug-likeness (QED) is 0.893. The molecule has 1 atom stereocenters. The third-order valence-corrected chi connectivity index (χ3v) is 3.86. The van der Waals surface area contributed by atoms with Gasteiger partial charge in [0.15, 0.2) is 0 Å². The van der Waals surface area contributed by atoms with Gasteiger partial charge in [-0.05, 0) is 51.6 Å². The minimum absolute atomic E-state index is 0.00296. The summed E-state index contributed by atoms with van der Waals surface area (Å²) in [6.07, 6.45) is 0.913. The van der Waals surface area contributed by atoms with E-state index in [4.69, 9.17) is 17.3 Å². The SMILES string of the molecule is CC(C)N(C)CCC(N)c1ccc(Br)cc1Cl. The molecule has 0 aromatic heterocycles. The lowest BCUT2D eigenvalue weighted by Crippen LogP contribution is -2.29. The van der Waals surface area contributed by atoms with E-state index < -0.39 is 0 Å². The predicted octanol–water partition coefficient (Wildman–Crippen LogP) is 3.83. The van der Waals surface area contributed by atoms with Gasteiger partial charge in [-0.3, -0.25) is 0 Å². The Morgan fingerprint density at radius 3 is 2.59 bits per heavy atom. The zero-order chi connectivity index (χ0) is 13.0. The number of nitrogens with two attached hydrogens (primary N) is 1. The average molecular weight is 320 g/mol. The van der Waals surface area contributed by atoms with E-state index in [0.717, 1.165) is 28.0 Å². The van der Waals surface area contributed by atoms with Crippen molar-refractivity contribution in [3.63, 3.8) is 0 Å². The minimum Gasteiger partial charge on any atom is -0.324 e. The normalized spacial score (nSPS) is 13.4. The van der Waals surface area contributed by atoms with Gasteiger partial charge in [0.2, 0.25) is 0 Å². The number of halogens is 2. The van der Waals surface area contributed by atoms with Crippen molar-refractivity contribution in [2.45, 2.75) is 32.4 Å². The van der Waals surface area contributed by atoms with Gasteiger partial charge in [0.1, 0.15) is 0 Å². The van der Waals surface area contributed by atoms with Gasteiger partial charge < -0.3 is 10.6 Å². The van der Waals surface area contributed by atoms with Crippen LogP contribution in [0.5, 0.6) is 0 Å². The molecular weight excluding hydrogens is 300 g/mol. The van der Waals surface area contributed by atoms with E-state index in [1.807, 2.05) is 18.2 Å². The molecule has 1 rings (SSSR count). The number of hydrogen-bond donors (Lipinski definition) is 1. The zero-order valence-corrected chi connectivity index (χ0v) is 12.9. The van der Waals surface area contributed by atoms with E-state index in [-0.39, 0.29) is 6.04 Å². The van der Waals surface area contributed by atoms with Crippen molar-refractivity contribution in [3.8, 4) is 0 Å². The van der Waals surface area contributed by atoms with Crippen LogP contribution in [-0.4, -0.2) is 24.5 Å². The maximum atomic E-state index is 6.18. The molecule has 2 nitrogen and oxygen atoms in total. The fourth-order valence-corrected chi connectivity index (χ4v) is 2.37. The van der Waals surface area contributed by atoms with E-state index >= 15 is 0 Å². The average Bonchev–Trinajstić information content (AvgIpc) is 2.25. The maximum Gasteiger partial charge on any atom is 0.0464 e. The van der Waals surface area contributed by atoms with Gasteiger partial charge in [0.05, 0.1) is 0 Å². The van der Waals surface area contributed by atoms with Crippen molar-refractivity contribution < 1.29 is 0 Å². The summed E-state index contributed by atoms with van der Waals surface area (Å²) in [5, 5.41) is 0.735. The third-order valence-electron chi connectivity index (χ3n) is 3.04. The molecular formula is C13H20BrClN2. The molecule has 0 bridgehead atoms.